The minimum Gasteiger partial charge on any atom is -0.394 e. The number of nitrogens with one attached hydrogen (secondary N) is 1. The van der Waals surface area contributed by atoms with E-state index in [-0.39, 0.29) is 29.4 Å². The molecule has 1 atom stereocenters. The molecule has 1 amide bonds. The summed E-state index contributed by atoms with van der Waals surface area (Å²) in [7, 11) is 0. The largest absolute Gasteiger partial charge is 0.394 e. The quantitative estimate of drug-likeness (QED) is 0.440. The summed E-state index contributed by atoms with van der Waals surface area (Å²) >= 11 is 11.8. The van der Waals surface area contributed by atoms with Crippen molar-refractivity contribution in [2.24, 2.45) is 0 Å². The van der Waals surface area contributed by atoms with Crippen LogP contribution in [-0.4, -0.2) is 38.0 Å². The summed E-state index contributed by atoms with van der Waals surface area (Å²) < 4.78 is 30.7. The molecule has 1 heterocycles. The van der Waals surface area contributed by atoms with Crippen molar-refractivity contribution in [3.63, 3.8) is 0 Å². The number of nitrogens with zero attached hydrogens (tertiary/aromatic N) is 3. The van der Waals surface area contributed by atoms with Gasteiger partial charge >= 0.3 is 5.69 Å². The first kappa shape index (κ1) is 26.5. The molecule has 0 bridgehead atoms. The molecule has 11 heteroatoms. The third-order valence-corrected chi connectivity index (χ3v) is 6.32. The maximum atomic E-state index is 14.4. The van der Waals surface area contributed by atoms with E-state index in [0.717, 1.165) is 4.68 Å². The van der Waals surface area contributed by atoms with Gasteiger partial charge in [-0.1, -0.05) is 53.6 Å². The average molecular weight is 547 g/mol. The Bertz CT molecular complexity index is 1460. The lowest BCUT2D eigenvalue weighted by Gasteiger charge is -2.19. The first-order chi connectivity index (χ1) is 17.8. The van der Waals surface area contributed by atoms with Gasteiger partial charge in [-0.15, -0.1) is 5.10 Å². The Morgan fingerprint density at radius 1 is 1.14 bits per heavy atom. The van der Waals surface area contributed by atoms with Gasteiger partial charge in [0.05, 0.1) is 24.2 Å². The minimum atomic E-state index is -0.905. The van der Waals surface area contributed by atoms with Gasteiger partial charge in [-0.3, -0.25) is 9.36 Å². The van der Waals surface area contributed by atoms with Crippen LogP contribution in [0.3, 0.4) is 0 Å². The van der Waals surface area contributed by atoms with Gasteiger partial charge in [-0.05, 0) is 42.0 Å². The number of halogens is 4. The first-order valence-electron chi connectivity index (χ1n) is 11.2. The van der Waals surface area contributed by atoms with Crippen LogP contribution in [0, 0.1) is 5.82 Å². The van der Waals surface area contributed by atoms with Crippen LogP contribution in [0.1, 0.15) is 12.0 Å². The molecule has 192 valence electrons. The number of aliphatic hydroxyl groups is 1. The smallest absolute Gasteiger partial charge is 0.347 e. The number of amides is 1. The Kier molecular flexibility index (Phi) is 8.38. The van der Waals surface area contributed by atoms with Crippen LogP contribution in [0.2, 0.25) is 5.02 Å². The summed E-state index contributed by atoms with van der Waals surface area (Å²) in [5.41, 5.74) is 0.576. The highest BCUT2D eigenvalue weighted by Crippen LogP contribution is 2.25. The molecular formula is C26H22Cl2F2N4O3. The van der Waals surface area contributed by atoms with Crippen LogP contribution >= 0.6 is 23.2 Å². The fourth-order valence-corrected chi connectivity index (χ4v) is 4.10. The van der Waals surface area contributed by atoms with Gasteiger partial charge in [0, 0.05) is 22.6 Å². The molecule has 1 aromatic heterocycles. The zero-order valence-corrected chi connectivity index (χ0v) is 20.9. The Hall–Kier alpha value is -3.53. The van der Waals surface area contributed by atoms with Crippen LogP contribution < -0.4 is 11.0 Å². The zero-order chi connectivity index (χ0) is 26.5. The lowest BCUT2D eigenvalue weighted by Crippen LogP contribution is -2.42. The highest BCUT2D eigenvalue weighted by atomic mass is 35.5. The van der Waals surface area contributed by atoms with Crippen molar-refractivity contribution in [1.29, 1.82) is 0 Å². The number of carbonyl (C=O) groups excluding carboxylic acids is 1. The van der Waals surface area contributed by atoms with E-state index in [1.54, 1.807) is 48.5 Å². The van der Waals surface area contributed by atoms with E-state index in [1.165, 1.54) is 22.8 Å². The third kappa shape index (κ3) is 6.25. The lowest BCUT2D eigenvalue weighted by atomic mass is 10.0. The fourth-order valence-electron chi connectivity index (χ4n) is 3.84. The van der Waals surface area contributed by atoms with Crippen molar-refractivity contribution in [2.75, 3.05) is 6.61 Å². The zero-order valence-electron chi connectivity index (χ0n) is 19.4. The number of aromatic nitrogens is 3. The van der Waals surface area contributed by atoms with Gasteiger partial charge in [0.2, 0.25) is 5.91 Å². The minimum absolute atomic E-state index is 0.0593. The van der Waals surface area contributed by atoms with Crippen LogP contribution in [0.5, 0.6) is 0 Å². The van der Waals surface area contributed by atoms with E-state index in [0.29, 0.717) is 16.2 Å². The number of benzene rings is 2. The summed E-state index contributed by atoms with van der Waals surface area (Å²) in [6.07, 6.45) is 4.27. The molecule has 1 unspecified atom stereocenters. The molecular weight excluding hydrogens is 525 g/mol. The molecule has 37 heavy (non-hydrogen) atoms. The molecule has 0 aliphatic heterocycles. The van der Waals surface area contributed by atoms with E-state index >= 15 is 0 Å². The van der Waals surface area contributed by atoms with Gasteiger partial charge in [-0.2, -0.15) is 0 Å². The summed E-state index contributed by atoms with van der Waals surface area (Å²) in [6.45, 7) is -1.10. The van der Waals surface area contributed by atoms with Crippen molar-refractivity contribution in [2.45, 2.75) is 25.6 Å². The van der Waals surface area contributed by atoms with E-state index in [4.69, 9.17) is 23.2 Å². The van der Waals surface area contributed by atoms with Gasteiger partial charge in [0.1, 0.15) is 18.2 Å². The number of hydrogen-bond donors (Lipinski definition) is 2. The average Bonchev–Trinajstić information content (AvgIpc) is 3.06. The number of allylic oxidation sites excluding steroid dienone is 5. The second-order valence-electron chi connectivity index (χ2n) is 8.28. The van der Waals surface area contributed by atoms with Crippen LogP contribution in [0.4, 0.5) is 8.78 Å². The van der Waals surface area contributed by atoms with Crippen LogP contribution in [-0.2, 0) is 17.9 Å². The van der Waals surface area contributed by atoms with Crippen molar-refractivity contribution in [3.05, 3.63) is 110 Å². The van der Waals surface area contributed by atoms with Gasteiger partial charge in [-0.25, -0.2) is 18.3 Å². The summed E-state index contributed by atoms with van der Waals surface area (Å²) in [5, 5.41) is 17.2. The Morgan fingerprint density at radius 3 is 2.57 bits per heavy atom. The maximum Gasteiger partial charge on any atom is 0.347 e. The number of aliphatic hydroxyl groups excluding tert-OH is 1. The number of hydrogen-bond acceptors (Lipinski definition) is 4. The number of carbonyl (C=O) groups is 1. The van der Waals surface area contributed by atoms with Crippen molar-refractivity contribution < 1.29 is 18.7 Å². The predicted octanol–water partition coefficient (Wildman–Crippen LogP) is 4.34. The van der Waals surface area contributed by atoms with E-state index in [2.05, 4.69) is 10.4 Å². The highest BCUT2D eigenvalue weighted by molar-refractivity contribution is 6.31. The van der Waals surface area contributed by atoms with E-state index in [9.17, 15) is 23.5 Å². The maximum absolute atomic E-state index is 14.4. The van der Waals surface area contributed by atoms with Crippen LogP contribution in [0.25, 0.3) is 11.4 Å². The monoisotopic (exact) mass is 546 g/mol. The first-order valence-corrected chi connectivity index (χ1v) is 12.0. The SMILES string of the molecule is O=C(Cn1nc(-c2ccc(Cl)cc2)n(Cc2ccccc2F)c1=O)NC(CO)C1=CC=CC(Cl)=C(F)C1. The third-order valence-electron chi connectivity index (χ3n) is 5.74. The Balaban J connectivity index is 1.61. The van der Waals surface area contributed by atoms with E-state index < -0.39 is 42.4 Å². The van der Waals surface area contributed by atoms with Gasteiger partial charge < -0.3 is 10.4 Å². The summed E-state index contributed by atoms with van der Waals surface area (Å²) in [4.78, 5) is 26.1. The van der Waals surface area contributed by atoms with Crippen molar-refractivity contribution in [1.82, 2.24) is 19.7 Å². The van der Waals surface area contributed by atoms with Gasteiger partial charge in [0.25, 0.3) is 0 Å². The van der Waals surface area contributed by atoms with Crippen LogP contribution in [0.15, 0.2) is 88.0 Å². The molecule has 2 N–H and O–H groups in total. The molecule has 0 fully saturated rings. The number of rotatable bonds is 8. The van der Waals surface area contributed by atoms with Crippen molar-refractivity contribution in [3.8, 4) is 11.4 Å². The fraction of sp³-hybridized carbons (Fsp3) is 0.192. The van der Waals surface area contributed by atoms with Crippen molar-refractivity contribution >= 4 is 29.1 Å². The molecule has 0 radical (unpaired) electrons. The molecule has 4 rings (SSSR count). The molecule has 0 saturated carbocycles. The molecule has 1 aliphatic carbocycles. The Morgan fingerprint density at radius 2 is 1.86 bits per heavy atom. The predicted molar refractivity (Wildman–Crippen MR) is 137 cm³/mol. The molecule has 7 nitrogen and oxygen atoms in total. The van der Waals surface area contributed by atoms with E-state index in [1.807, 2.05) is 0 Å². The normalized spacial score (nSPS) is 14.4. The topological polar surface area (TPSA) is 89.2 Å². The van der Waals surface area contributed by atoms with Gasteiger partial charge in [0.15, 0.2) is 5.82 Å². The second kappa shape index (κ2) is 11.7. The lowest BCUT2D eigenvalue weighted by molar-refractivity contribution is -0.122. The summed E-state index contributed by atoms with van der Waals surface area (Å²) in [5.74, 6) is -1.50. The standard InChI is InChI=1S/C26H22Cl2F2N4O3/c27-19-10-8-16(9-11-19)25-32-34(26(37)33(25)13-18-4-1-2-7-21(18)29)14-24(36)31-23(15-35)17-5-3-6-20(28)22(30)12-17/h1-11,23,35H,12-15H2,(H,31,36). The summed E-state index contributed by atoms with van der Waals surface area (Å²) in [6, 6.07) is 11.7. The molecule has 0 spiro atoms. The molecule has 0 saturated heterocycles. The Labute approximate surface area is 220 Å². The molecule has 1 aliphatic rings. The highest BCUT2D eigenvalue weighted by Gasteiger charge is 2.22. The second-order valence-corrected chi connectivity index (χ2v) is 9.12. The molecule has 3 aromatic rings. The molecule has 2 aromatic carbocycles.